The molecule has 1 aliphatic carbocycles. The van der Waals surface area contributed by atoms with Gasteiger partial charge in [0.05, 0.1) is 4.88 Å². The monoisotopic (exact) mass is 424 g/mol. The van der Waals surface area contributed by atoms with Crippen molar-refractivity contribution < 1.29 is 13.2 Å². The lowest BCUT2D eigenvalue weighted by Gasteiger charge is -2.31. The highest BCUT2D eigenvalue weighted by Gasteiger charge is 2.29. The van der Waals surface area contributed by atoms with Crippen molar-refractivity contribution in [2.45, 2.75) is 49.3 Å². The molecule has 0 radical (unpaired) electrons. The summed E-state index contributed by atoms with van der Waals surface area (Å²) in [4.78, 5) is 17.0. The zero-order chi connectivity index (χ0) is 19.0. The van der Waals surface area contributed by atoms with Crippen molar-refractivity contribution >= 4 is 38.6 Å². The van der Waals surface area contributed by atoms with Crippen LogP contribution in [0, 0.1) is 5.92 Å². The SMILES string of the molecule is CC1CCc2sc(C(=O)N3CCC(NS(=O)(=O)c4cccs4)CC3)cc2C1. The smallest absolute Gasteiger partial charge is 0.263 e. The highest BCUT2D eigenvalue weighted by Crippen LogP contribution is 2.33. The molecule has 2 aromatic rings. The van der Waals surface area contributed by atoms with Crippen molar-refractivity contribution in [1.29, 1.82) is 0 Å². The lowest BCUT2D eigenvalue weighted by molar-refractivity contribution is 0.0716. The third kappa shape index (κ3) is 4.13. The Morgan fingerprint density at radius 2 is 2.04 bits per heavy atom. The van der Waals surface area contributed by atoms with E-state index >= 15 is 0 Å². The van der Waals surface area contributed by atoms with Crippen molar-refractivity contribution in [1.82, 2.24) is 9.62 Å². The second-order valence-corrected chi connectivity index (χ2v) is 11.6. The van der Waals surface area contributed by atoms with E-state index in [2.05, 4.69) is 17.7 Å². The molecule has 3 heterocycles. The van der Waals surface area contributed by atoms with Crippen LogP contribution in [0.2, 0.25) is 0 Å². The highest BCUT2D eigenvalue weighted by molar-refractivity contribution is 7.91. The summed E-state index contributed by atoms with van der Waals surface area (Å²) < 4.78 is 27.9. The number of nitrogens with zero attached hydrogens (tertiary/aromatic N) is 1. The molecule has 2 aliphatic rings. The minimum absolute atomic E-state index is 0.0987. The highest BCUT2D eigenvalue weighted by atomic mass is 32.2. The van der Waals surface area contributed by atoms with Gasteiger partial charge in [0, 0.05) is 24.0 Å². The molecular formula is C19H24N2O3S3. The van der Waals surface area contributed by atoms with Gasteiger partial charge in [-0.25, -0.2) is 13.1 Å². The maximum Gasteiger partial charge on any atom is 0.263 e. The van der Waals surface area contributed by atoms with Gasteiger partial charge in [-0.2, -0.15) is 0 Å². The van der Waals surface area contributed by atoms with Gasteiger partial charge in [0.2, 0.25) is 10.0 Å². The first-order chi connectivity index (χ1) is 12.9. The number of fused-ring (bicyclic) bond motifs is 1. The van der Waals surface area contributed by atoms with Gasteiger partial charge in [0.15, 0.2) is 0 Å². The third-order valence-corrected chi connectivity index (χ3v) is 9.55. The van der Waals surface area contributed by atoms with E-state index < -0.39 is 10.0 Å². The Hall–Kier alpha value is -1.22. The predicted molar refractivity (Wildman–Crippen MR) is 109 cm³/mol. The molecule has 0 spiro atoms. The average molecular weight is 425 g/mol. The maximum atomic E-state index is 12.9. The number of amides is 1. The molecule has 1 unspecified atom stereocenters. The van der Waals surface area contributed by atoms with Crippen LogP contribution in [0.5, 0.6) is 0 Å². The molecule has 2 aromatic heterocycles. The molecule has 0 bridgehead atoms. The Morgan fingerprint density at radius 1 is 1.26 bits per heavy atom. The summed E-state index contributed by atoms with van der Waals surface area (Å²) >= 11 is 2.87. The molecule has 4 rings (SSSR count). The molecule has 0 saturated carbocycles. The Balaban J connectivity index is 1.36. The molecule has 8 heteroatoms. The van der Waals surface area contributed by atoms with Gasteiger partial charge < -0.3 is 4.90 Å². The van der Waals surface area contributed by atoms with Crippen LogP contribution in [0.1, 0.15) is 46.3 Å². The van der Waals surface area contributed by atoms with Crippen molar-refractivity contribution in [3.63, 3.8) is 0 Å². The van der Waals surface area contributed by atoms with Crippen molar-refractivity contribution in [3.8, 4) is 0 Å². The molecule has 1 aliphatic heterocycles. The van der Waals surface area contributed by atoms with E-state index in [-0.39, 0.29) is 11.9 Å². The van der Waals surface area contributed by atoms with Crippen molar-refractivity contribution in [3.05, 3.63) is 38.9 Å². The minimum Gasteiger partial charge on any atom is -0.338 e. The molecule has 1 saturated heterocycles. The molecule has 1 atom stereocenters. The number of rotatable bonds is 4. The lowest BCUT2D eigenvalue weighted by Crippen LogP contribution is -2.46. The molecule has 0 aromatic carbocycles. The fourth-order valence-electron chi connectivity index (χ4n) is 3.86. The minimum atomic E-state index is -3.45. The number of nitrogens with one attached hydrogen (secondary N) is 1. The second-order valence-electron chi connectivity index (χ2n) is 7.53. The summed E-state index contributed by atoms with van der Waals surface area (Å²) in [5.41, 5.74) is 1.35. The Labute approximate surface area is 168 Å². The summed E-state index contributed by atoms with van der Waals surface area (Å²) in [5, 5.41) is 1.76. The number of thiophene rings is 2. The number of carbonyl (C=O) groups excluding carboxylic acids is 1. The predicted octanol–water partition coefficient (Wildman–Crippen LogP) is 3.52. The summed E-state index contributed by atoms with van der Waals surface area (Å²) in [6.07, 6.45) is 4.67. The summed E-state index contributed by atoms with van der Waals surface area (Å²) in [6, 6.07) is 5.33. The van der Waals surface area contributed by atoms with E-state index in [1.165, 1.54) is 28.2 Å². The first kappa shape index (κ1) is 19.1. The molecule has 1 fully saturated rings. The first-order valence-electron chi connectivity index (χ1n) is 9.39. The quantitative estimate of drug-likeness (QED) is 0.817. The number of carbonyl (C=O) groups is 1. The fourth-order valence-corrected chi connectivity index (χ4v) is 7.35. The summed E-state index contributed by atoms with van der Waals surface area (Å²) in [6.45, 7) is 3.45. The maximum absolute atomic E-state index is 12.9. The number of hydrogen-bond donors (Lipinski definition) is 1. The van der Waals surface area contributed by atoms with Gasteiger partial charge in [-0.1, -0.05) is 13.0 Å². The number of aryl methyl sites for hydroxylation is 1. The zero-order valence-electron chi connectivity index (χ0n) is 15.3. The van der Waals surface area contributed by atoms with Crippen LogP contribution in [0.15, 0.2) is 27.8 Å². The van der Waals surface area contributed by atoms with Crippen LogP contribution in [-0.2, 0) is 22.9 Å². The van der Waals surface area contributed by atoms with Crippen LogP contribution in [-0.4, -0.2) is 38.4 Å². The number of piperidine rings is 1. The first-order valence-corrected chi connectivity index (χ1v) is 12.6. The zero-order valence-corrected chi connectivity index (χ0v) is 17.8. The van der Waals surface area contributed by atoms with Gasteiger partial charge in [-0.05, 0) is 61.1 Å². The largest absolute Gasteiger partial charge is 0.338 e. The fraction of sp³-hybridized carbons (Fsp3) is 0.526. The summed E-state index contributed by atoms with van der Waals surface area (Å²) in [7, 11) is -3.45. The Bertz CT molecular complexity index is 910. The number of likely N-dealkylation sites (tertiary alicyclic amines) is 1. The van der Waals surface area contributed by atoms with Crippen LogP contribution < -0.4 is 4.72 Å². The van der Waals surface area contributed by atoms with E-state index in [1.54, 1.807) is 28.8 Å². The van der Waals surface area contributed by atoms with Gasteiger partial charge in [-0.15, -0.1) is 22.7 Å². The Kier molecular flexibility index (Phi) is 5.42. The van der Waals surface area contributed by atoms with Crippen LogP contribution in [0.3, 0.4) is 0 Å². The van der Waals surface area contributed by atoms with Gasteiger partial charge in [0.25, 0.3) is 5.91 Å². The lowest BCUT2D eigenvalue weighted by atomic mass is 9.90. The molecule has 1 amide bonds. The van der Waals surface area contributed by atoms with E-state index in [1.807, 2.05) is 4.90 Å². The Morgan fingerprint density at radius 3 is 2.74 bits per heavy atom. The van der Waals surface area contributed by atoms with Gasteiger partial charge in [-0.3, -0.25) is 4.79 Å². The van der Waals surface area contributed by atoms with E-state index in [0.29, 0.717) is 36.1 Å². The van der Waals surface area contributed by atoms with Crippen LogP contribution in [0.4, 0.5) is 0 Å². The van der Waals surface area contributed by atoms with Crippen LogP contribution in [0.25, 0.3) is 0 Å². The molecular weight excluding hydrogens is 400 g/mol. The average Bonchev–Trinajstić information content (AvgIpc) is 3.31. The molecule has 27 heavy (non-hydrogen) atoms. The normalized spacial score (nSPS) is 21.2. The molecule has 146 valence electrons. The van der Waals surface area contributed by atoms with Crippen molar-refractivity contribution in [2.24, 2.45) is 5.92 Å². The van der Waals surface area contributed by atoms with E-state index in [9.17, 15) is 13.2 Å². The van der Waals surface area contributed by atoms with Gasteiger partial charge >= 0.3 is 0 Å². The molecule has 5 nitrogen and oxygen atoms in total. The number of hydrogen-bond acceptors (Lipinski definition) is 5. The molecule has 1 N–H and O–H groups in total. The van der Waals surface area contributed by atoms with E-state index in [4.69, 9.17) is 0 Å². The third-order valence-electron chi connectivity index (χ3n) is 5.40. The standard InChI is InChI=1S/C19H24N2O3S3/c1-13-4-5-16-14(11-13)12-17(26-16)19(22)21-8-6-15(7-9-21)20-27(23,24)18-3-2-10-25-18/h2-3,10,12-13,15,20H,4-9,11H2,1H3. The summed E-state index contributed by atoms with van der Waals surface area (Å²) in [5.74, 6) is 0.795. The van der Waals surface area contributed by atoms with Crippen molar-refractivity contribution in [2.75, 3.05) is 13.1 Å². The van der Waals surface area contributed by atoms with E-state index in [0.717, 1.165) is 17.7 Å². The van der Waals surface area contributed by atoms with Gasteiger partial charge in [0.1, 0.15) is 4.21 Å². The second kappa shape index (κ2) is 7.66. The van der Waals surface area contributed by atoms with Crippen LogP contribution >= 0.6 is 22.7 Å². The number of sulfonamides is 1. The topological polar surface area (TPSA) is 66.5 Å².